The molecule has 0 aromatic rings. The standard InChI is InChI=1S/C12H20O2/c1-11(7-13-8-11)9-14-12-4-2-10(6-12)3-5-12/h10H,2-9H2,1H3. The van der Waals surface area contributed by atoms with Gasteiger partial charge in [-0.15, -0.1) is 0 Å². The lowest BCUT2D eigenvalue weighted by Gasteiger charge is -2.40. The van der Waals surface area contributed by atoms with Crippen LogP contribution in [0.4, 0.5) is 0 Å². The highest BCUT2D eigenvalue weighted by molar-refractivity contribution is 4.98. The van der Waals surface area contributed by atoms with Gasteiger partial charge in [0, 0.05) is 5.41 Å². The Hall–Kier alpha value is -0.0800. The molecule has 0 amide bonds. The molecule has 1 heterocycles. The lowest BCUT2D eigenvalue weighted by atomic mass is 9.89. The molecule has 0 aromatic heterocycles. The van der Waals surface area contributed by atoms with Gasteiger partial charge < -0.3 is 9.47 Å². The van der Waals surface area contributed by atoms with Gasteiger partial charge in [-0.2, -0.15) is 0 Å². The third-order valence-corrected chi connectivity index (χ3v) is 4.30. The fourth-order valence-electron chi connectivity index (χ4n) is 3.20. The zero-order valence-electron chi connectivity index (χ0n) is 9.05. The molecule has 3 aliphatic rings. The number of hydrogen-bond acceptors (Lipinski definition) is 2. The molecule has 0 atom stereocenters. The summed E-state index contributed by atoms with van der Waals surface area (Å²) in [5.74, 6) is 0.987. The number of ether oxygens (including phenoxy) is 2. The Bertz CT molecular complexity index is 224. The molecule has 0 N–H and O–H groups in total. The van der Waals surface area contributed by atoms with E-state index in [1.807, 2.05) is 0 Å². The molecule has 3 fully saturated rings. The monoisotopic (exact) mass is 196 g/mol. The summed E-state index contributed by atoms with van der Waals surface area (Å²) in [4.78, 5) is 0. The molecule has 0 spiro atoms. The fraction of sp³-hybridized carbons (Fsp3) is 1.00. The van der Waals surface area contributed by atoms with Gasteiger partial charge in [0.25, 0.3) is 0 Å². The van der Waals surface area contributed by atoms with Gasteiger partial charge in [-0.25, -0.2) is 0 Å². The van der Waals surface area contributed by atoms with Crippen molar-refractivity contribution in [3.63, 3.8) is 0 Å². The third-order valence-electron chi connectivity index (χ3n) is 4.30. The van der Waals surface area contributed by atoms with Crippen LogP contribution in [0.2, 0.25) is 0 Å². The molecular formula is C12H20O2. The van der Waals surface area contributed by atoms with Gasteiger partial charge >= 0.3 is 0 Å². The van der Waals surface area contributed by atoms with Crippen molar-refractivity contribution < 1.29 is 9.47 Å². The molecule has 2 nitrogen and oxygen atoms in total. The van der Waals surface area contributed by atoms with Gasteiger partial charge in [0.05, 0.1) is 25.4 Å². The van der Waals surface area contributed by atoms with E-state index in [9.17, 15) is 0 Å². The van der Waals surface area contributed by atoms with Gasteiger partial charge in [0.15, 0.2) is 0 Å². The highest BCUT2D eigenvalue weighted by Crippen LogP contribution is 2.50. The molecule has 0 aromatic carbocycles. The molecule has 2 saturated carbocycles. The van der Waals surface area contributed by atoms with E-state index in [-0.39, 0.29) is 0 Å². The van der Waals surface area contributed by atoms with Crippen LogP contribution in [0.5, 0.6) is 0 Å². The second-order valence-corrected chi connectivity index (χ2v) is 5.92. The SMILES string of the molecule is CC1(COC23CCC(CC2)C3)COC1. The van der Waals surface area contributed by atoms with E-state index in [4.69, 9.17) is 9.47 Å². The van der Waals surface area contributed by atoms with Crippen molar-refractivity contribution in [2.45, 2.75) is 44.6 Å². The maximum absolute atomic E-state index is 6.21. The highest BCUT2D eigenvalue weighted by Gasteiger charge is 2.47. The first kappa shape index (κ1) is 9.17. The lowest BCUT2D eigenvalue weighted by Crippen LogP contribution is -2.46. The summed E-state index contributed by atoms with van der Waals surface area (Å²) in [7, 11) is 0. The van der Waals surface area contributed by atoms with Gasteiger partial charge in [0.2, 0.25) is 0 Å². The second kappa shape index (κ2) is 2.96. The van der Waals surface area contributed by atoms with Crippen molar-refractivity contribution in [1.82, 2.24) is 0 Å². The Morgan fingerprint density at radius 1 is 1.29 bits per heavy atom. The Morgan fingerprint density at radius 3 is 2.43 bits per heavy atom. The van der Waals surface area contributed by atoms with Crippen LogP contribution in [0, 0.1) is 11.3 Å². The van der Waals surface area contributed by atoms with Gasteiger partial charge in [-0.3, -0.25) is 0 Å². The van der Waals surface area contributed by atoms with Crippen molar-refractivity contribution in [2.75, 3.05) is 19.8 Å². The van der Waals surface area contributed by atoms with Crippen molar-refractivity contribution in [1.29, 1.82) is 0 Å². The van der Waals surface area contributed by atoms with Crippen molar-refractivity contribution in [2.24, 2.45) is 11.3 Å². The van der Waals surface area contributed by atoms with E-state index in [0.29, 0.717) is 11.0 Å². The molecule has 2 heteroatoms. The Balaban J connectivity index is 1.56. The summed E-state index contributed by atoms with van der Waals surface area (Å²) >= 11 is 0. The minimum atomic E-state index is 0.295. The van der Waals surface area contributed by atoms with Crippen LogP contribution >= 0.6 is 0 Å². The highest BCUT2D eigenvalue weighted by atomic mass is 16.5. The summed E-state index contributed by atoms with van der Waals surface area (Å²) in [5.41, 5.74) is 0.624. The molecular weight excluding hydrogens is 176 g/mol. The molecule has 1 aliphatic heterocycles. The fourth-order valence-corrected chi connectivity index (χ4v) is 3.20. The third kappa shape index (κ3) is 1.40. The summed E-state index contributed by atoms with van der Waals surface area (Å²) in [6, 6.07) is 0. The zero-order valence-corrected chi connectivity index (χ0v) is 9.05. The summed E-state index contributed by atoms with van der Waals surface area (Å²) < 4.78 is 11.5. The van der Waals surface area contributed by atoms with E-state index in [0.717, 1.165) is 25.7 Å². The van der Waals surface area contributed by atoms with Crippen LogP contribution in [-0.2, 0) is 9.47 Å². The van der Waals surface area contributed by atoms with Crippen molar-refractivity contribution in [3.8, 4) is 0 Å². The Labute approximate surface area is 86.0 Å². The number of fused-ring (bicyclic) bond motifs is 2. The molecule has 80 valence electrons. The number of hydrogen-bond donors (Lipinski definition) is 0. The first-order valence-electron chi connectivity index (χ1n) is 5.92. The van der Waals surface area contributed by atoms with E-state index < -0.39 is 0 Å². The number of rotatable bonds is 3. The summed E-state index contributed by atoms with van der Waals surface area (Å²) in [6.45, 7) is 4.98. The Morgan fingerprint density at radius 2 is 2.00 bits per heavy atom. The topological polar surface area (TPSA) is 18.5 Å². The molecule has 1 saturated heterocycles. The molecule has 14 heavy (non-hydrogen) atoms. The first-order chi connectivity index (χ1) is 6.70. The molecule has 0 unspecified atom stereocenters. The zero-order chi connectivity index (χ0) is 9.65. The van der Waals surface area contributed by atoms with Crippen LogP contribution in [0.3, 0.4) is 0 Å². The van der Waals surface area contributed by atoms with Crippen molar-refractivity contribution >= 4 is 0 Å². The van der Waals surface area contributed by atoms with Crippen LogP contribution in [0.1, 0.15) is 39.0 Å². The predicted octanol–water partition coefficient (Wildman–Crippen LogP) is 2.37. The second-order valence-electron chi connectivity index (χ2n) is 5.92. The van der Waals surface area contributed by atoms with E-state index >= 15 is 0 Å². The maximum Gasteiger partial charge on any atom is 0.0685 e. The van der Waals surface area contributed by atoms with Crippen molar-refractivity contribution in [3.05, 3.63) is 0 Å². The average molecular weight is 196 g/mol. The lowest BCUT2D eigenvalue weighted by molar-refractivity contribution is -0.168. The molecule has 3 rings (SSSR count). The van der Waals surface area contributed by atoms with E-state index in [2.05, 4.69) is 6.92 Å². The van der Waals surface area contributed by atoms with Crippen LogP contribution in [0.25, 0.3) is 0 Å². The summed E-state index contributed by atoms with van der Waals surface area (Å²) in [5, 5.41) is 0. The smallest absolute Gasteiger partial charge is 0.0685 e. The van der Waals surface area contributed by atoms with Gasteiger partial charge in [-0.05, 0) is 38.0 Å². The van der Waals surface area contributed by atoms with Gasteiger partial charge in [-0.1, -0.05) is 6.92 Å². The van der Waals surface area contributed by atoms with Crippen LogP contribution in [-0.4, -0.2) is 25.4 Å². The van der Waals surface area contributed by atoms with E-state index in [1.165, 1.54) is 32.1 Å². The maximum atomic E-state index is 6.21. The molecule has 2 bridgehead atoms. The normalized spacial score (nSPS) is 43.9. The molecule has 0 radical (unpaired) electrons. The molecule has 2 aliphatic carbocycles. The average Bonchev–Trinajstić information content (AvgIpc) is 2.72. The first-order valence-corrected chi connectivity index (χ1v) is 5.92. The van der Waals surface area contributed by atoms with Crippen LogP contribution in [0.15, 0.2) is 0 Å². The van der Waals surface area contributed by atoms with E-state index in [1.54, 1.807) is 0 Å². The predicted molar refractivity (Wildman–Crippen MR) is 54.2 cm³/mol. The minimum absolute atomic E-state index is 0.295. The largest absolute Gasteiger partial charge is 0.380 e. The minimum Gasteiger partial charge on any atom is -0.380 e. The quantitative estimate of drug-likeness (QED) is 0.690. The summed E-state index contributed by atoms with van der Waals surface area (Å²) in [6.07, 6.45) is 6.79. The van der Waals surface area contributed by atoms with Crippen LogP contribution < -0.4 is 0 Å². The Kier molecular flexibility index (Phi) is 1.94. The van der Waals surface area contributed by atoms with Gasteiger partial charge in [0.1, 0.15) is 0 Å².